The number of anilines is 1. The summed E-state index contributed by atoms with van der Waals surface area (Å²) in [5, 5.41) is 0.365. The first kappa shape index (κ1) is 19.4. The fourth-order valence-electron chi connectivity index (χ4n) is 3.53. The molecule has 0 N–H and O–H groups in total. The number of amides is 2. The molecule has 2 aliphatic heterocycles. The molecule has 2 aliphatic rings. The molecule has 150 valence electrons. The molecular formula is C21H18ClFN2O4. The van der Waals surface area contributed by atoms with Crippen LogP contribution in [0.15, 0.2) is 48.2 Å². The van der Waals surface area contributed by atoms with Gasteiger partial charge < -0.3 is 14.4 Å². The van der Waals surface area contributed by atoms with Gasteiger partial charge in [0.25, 0.3) is 11.8 Å². The van der Waals surface area contributed by atoms with Crippen molar-refractivity contribution in [3.63, 3.8) is 0 Å². The van der Waals surface area contributed by atoms with Gasteiger partial charge in [-0.25, -0.2) is 9.29 Å². The number of morpholine rings is 1. The van der Waals surface area contributed by atoms with Crippen LogP contribution in [0.25, 0.3) is 5.57 Å². The third-order valence-corrected chi connectivity index (χ3v) is 5.14. The Morgan fingerprint density at radius 1 is 1.03 bits per heavy atom. The van der Waals surface area contributed by atoms with Crippen LogP contribution in [0.4, 0.5) is 10.1 Å². The Hall–Kier alpha value is -2.90. The van der Waals surface area contributed by atoms with E-state index in [0.29, 0.717) is 42.6 Å². The normalized spacial score (nSPS) is 17.3. The molecule has 1 fully saturated rings. The number of rotatable bonds is 4. The van der Waals surface area contributed by atoms with Crippen molar-refractivity contribution in [1.29, 1.82) is 0 Å². The maximum absolute atomic E-state index is 13.4. The molecule has 2 amide bonds. The van der Waals surface area contributed by atoms with Crippen molar-refractivity contribution in [3.05, 3.63) is 64.6 Å². The van der Waals surface area contributed by atoms with Crippen molar-refractivity contribution in [2.45, 2.75) is 0 Å². The number of halogens is 2. The highest BCUT2D eigenvalue weighted by Gasteiger charge is 2.43. The van der Waals surface area contributed by atoms with Gasteiger partial charge >= 0.3 is 0 Å². The molecule has 2 aromatic carbocycles. The van der Waals surface area contributed by atoms with E-state index in [2.05, 4.69) is 0 Å². The van der Waals surface area contributed by atoms with Crippen LogP contribution < -0.4 is 9.64 Å². The Labute approximate surface area is 172 Å². The Morgan fingerprint density at radius 3 is 2.38 bits per heavy atom. The molecule has 2 aromatic rings. The quantitative estimate of drug-likeness (QED) is 0.717. The predicted octanol–water partition coefficient (Wildman–Crippen LogP) is 3.10. The molecule has 6 nitrogen and oxygen atoms in total. The average Bonchev–Trinajstić information content (AvgIpc) is 2.99. The van der Waals surface area contributed by atoms with Crippen LogP contribution in [0, 0.1) is 5.82 Å². The lowest BCUT2D eigenvalue weighted by atomic mass is 10.0. The lowest BCUT2D eigenvalue weighted by molar-refractivity contribution is -0.121. The van der Waals surface area contributed by atoms with E-state index in [4.69, 9.17) is 21.1 Å². The minimum absolute atomic E-state index is 0.221. The summed E-state index contributed by atoms with van der Waals surface area (Å²) in [6.07, 6.45) is 0. The number of carbonyl (C=O) groups is 2. The maximum atomic E-state index is 13.4. The van der Waals surface area contributed by atoms with Crippen molar-refractivity contribution < 1.29 is 23.5 Å². The molecule has 8 heteroatoms. The minimum atomic E-state index is -0.510. The van der Waals surface area contributed by atoms with Crippen molar-refractivity contribution in [2.24, 2.45) is 0 Å². The average molecular weight is 417 g/mol. The SMILES string of the molecule is COc1ccc(Cl)cc1N1C(=O)C(c2ccc(F)cc2)=C(N2CCOCC2)C1=O. The second-order valence-corrected chi connectivity index (χ2v) is 7.03. The van der Waals surface area contributed by atoms with Crippen LogP contribution >= 0.6 is 11.6 Å². The van der Waals surface area contributed by atoms with Crippen molar-refractivity contribution >= 4 is 34.7 Å². The van der Waals surface area contributed by atoms with Gasteiger partial charge in [0.05, 0.1) is 31.6 Å². The van der Waals surface area contributed by atoms with Crippen molar-refractivity contribution in [3.8, 4) is 5.75 Å². The number of hydrogen-bond donors (Lipinski definition) is 0. The number of carbonyl (C=O) groups excluding carboxylic acids is 2. The Kier molecular flexibility index (Phi) is 5.25. The Morgan fingerprint density at radius 2 is 1.72 bits per heavy atom. The molecule has 1 saturated heterocycles. The number of benzene rings is 2. The van der Waals surface area contributed by atoms with Gasteiger partial charge in [-0.1, -0.05) is 23.7 Å². The second-order valence-electron chi connectivity index (χ2n) is 6.59. The highest BCUT2D eigenvalue weighted by Crippen LogP contribution is 2.39. The van der Waals surface area contributed by atoms with Gasteiger partial charge in [0.1, 0.15) is 17.3 Å². The monoisotopic (exact) mass is 416 g/mol. The summed E-state index contributed by atoms with van der Waals surface area (Å²) in [5.74, 6) is -1.06. The standard InChI is InChI=1S/C21H18ClFN2O4/c1-28-17-7-4-14(22)12-16(17)25-20(26)18(13-2-5-15(23)6-3-13)19(21(25)27)24-8-10-29-11-9-24/h2-7,12H,8-11H2,1H3. The molecule has 0 saturated carbocycles. The van der Waals surface area contributed by atoms with Crippen LogP contribution in [0.5, 0.6) is 5.75 Å². The molecule has 4 rings (SSSR count). The lowest BCUT2D eigenvalue weighted by Crippen LogP contribution is -2.40. The fourth-order valence-corrected chi connectivity index (χ4v) is 3.70. The molecule has 0 bridgehead atoms. The first-order valence-corrected chi connectivity index (χ1v) is 9.44. The first-order valence-electron chi connectivity index (χ1n) is 9.06. The molecule has 29 heavy (non-hydrogen) atoms. The van der Waals surface area contributed by atoms with E-state index in [9.17, 15) is 14.0 Å². The van der Waals surface area contributed by atoms with E-state index >= 15 is 0 Å². The summed E-state index contributed by atoms with van der Waals surface area (Å²) in [6, 6.07) is 10.2. The zero-order valence-corrected chi connectivity index (χ0v) is 16.4. The van der Waals surface area contributed by atoms with Gasteiger partial charge in [-0.15, -0.1) is 0 Å². The summed E-state index contributed by atoms with van der Waals surface area (Å²) < 4.78 is 24.2. The van der Waals surface area contributed by atoms with Gasteiger partial charge in [0.15, 0.2) is 0 Å². The summed E-state index contributed by atoms with van der Waals surface area (Å²) in [5.41, 5.74) is 1.22. The maximum Gasteiger partial charge on any atom is 0.282 e. The molecule has 0 aromatic heterocycles. The molecule has 0 radical (unpaired) electrons. The smallest absolute Gasteiger partial charge is 0.282 e. The Bertz CT molecular complexity index is 1000. The largest absolute Gasteiger partial charge is 0.495 e. The molecule has 0 atom stereocenters. The van der Waals surface area contributed by atoms with Gasteiger partial charge in [-0.05, 0) is 35.9 Å². The highest BCUT2D eigenvalue weighted by atomic mass is 35.5. The van der Waals surface area contributed by atoms with Gasteiger partial charge in [0, 0.05) is 18.1 Å². The van der Waals surface area contributed by atoms with E-state index in [1.807, 2.05) is 4.90 Å². The summed E-state index contributed by atoms with van der Waals surface area (Å²) in [4.78, 5) is 29.8. The van der Waals surface area contributed by atoms with Gasteiger partial charge in [0.2, 0.25) is 0 Å². The topological polar surface area (TPSA) is 59.1 Å². The number of imide groups is 1. The lowest BCUT2D eigenvalue weighted by Gasteiger charge is -2.29. The van der Waals surface area contributed by atoms with E-state index in [0.717, 1.165) is 4.90 Å². The van der Waals surface area contributed by atoms with Gasteiger partial charge in [-0.3, -0.25) is 9.59 Å². The molecule has 2 heterocycles. The van der Waals surface area contributed by atoms with E-state index < -0.39 is 17.6 Å². The molecule has 0 spiro atoms. The third kappa shape index (κ3) is 3.47. The summed E-state index contributed by atoms with van der Waals surface area (Å²) >= 11 is 6.12. The zero-order chi connectivity index (χ0) is 20.5. The van der Waals surface area contributed by atoms with Crippen LogP contribution in [-0.2, 0) is 14.3 Å². The van der Waals surface area contributed by atoms with Crippen LogP contribution in [0.1, 0.15) is 5.56 Å². The minimum Gasteiger partial charge on any atom is -0.495 e. The second kappa shape index (κ2) is 7.85. The van der Waals surface area contributed by atoms with E-state index in [-0.39, 0.29) is 17.0 Å². The first-order chi connectivity index (χ1) is 14.0. The van der Waals surface area contributed by atoms with Crippen LogP contribution in [0.2, 0.25) is 5.02 Å². The summed E-state index contributed by atoms with van der Waals surface area (Å²) in [6.45, 7) is 1.84. The number of nitrogens with zero attached hydrogens (tertiary/aromatic N) is 2. The Balaban J connectivity index is 1.86. The van der Waals surface area contributed by atoms with Crippen LogP contribution in [0.3, 0.4) is 0 Å². The number of methoxy groups -OCH3 is 1. The summed E-state index contributed by atoms with van der Waals surface area (Å²) in [7, 11) is 1.45. The highest BCUT2D eigenvalue weighted by molar-refractivity contribution is 6.46. The molecule has 0 aliphatic carbocycles. The fraction of sp³-hybridized carbons (Fsp3) is 0.238. The molecular weight excluding hydrogens is 399 g/mol. The van der Waals surface area contributed by atoms with Gasteiger partial charge in [-0.2, -0.15) is 0 Å². The van der Waals surface area contributed by atoms with Crippen molar-refractivity contribution in [2.75, 3.05) is 38.3 Å². The third-order valence-electron chi connectivity index (χ3n) is 4.90. The van der Waals surface area contributed by atoms with Crippen molar-refractivity contribution in [1.82, 2.24) is 4.90 Å². The molecule has 0 unspecified atom stereocenters. The predicted molar refractivity (Wildman–Crippen MR) is 106 cm³/mol. The zero-order valence-electron chi connectivity index (χ0n) is 15.7. The van der Waals surface area contributed by atoms with E-state index in [1.54, 1.807) is 12.1 Å². The van der Waals surface area contributed by atoms with Crippen LogP contribution in [-0.4, -0.2) is 50.1 Å². The van der Waals surface area contributed by atoms with E-state index in [1.165, 1.54) is 37.4 Å². The number of hydrogen-bond acceptors (Lipinski definition) is 5. The number of ether oxygens (including phenoxy) is 2.